The molecule has 0 aromatic carbocycles. The van der Waals surface area contributed by atoms with Crippen LogP contribution in [-0.4, -0.2) is 64.7 Å². The quantitative estimate of drug-likeness (QED) is 0.699. The molecule has 3 rings (SSSR count). The van der Waals surface area contributed by atoms with Crippen LogP contribution in [0.3, 0.4) is 0 Å². The summed E-state index contributed by atoms with van der Waals surface area (Å²) in [6, 6.07) is 0.996. The Balaban J connectivity index is 1.65. The van der Waals surface area contributed by atoms with E-state index >= 15 is 0 Å². The summed E-state index contributed by atoms with van der Waals surface area (Å²) >= 11 is 0. The number of rotatable bonds is 3. The second-order valence-corrected chi connectivity index (χ2v) is 6.89. The molecule has 1 aromatic rings. The van der Waals surface area contributed by atoms with Gasteiger partial charge in [0.15, 0.2) is 5.75 Å². The molecular weight excluding hydrogens is 405 g/mol. The molecule has 12 heteroatoms. The summed E-state index contributed by atoms with van der Waals surface area (Å²) in [6.07, 6.45) is -4.08. The third-order valence-corrected chi connectivity index (χ3v) is 4.58. The van der Waals surface area contributed by atoms with Crippen LogP contribution in [-0.2, 0) is 4.79 Å². The molecule has 2 aliphatic rings. The minimum atomic E-state index is -4.93. The summed E-state index contributed by atoms with van der Waals surface area (Å²) in [4.78, 5) is 29.9. The lowest BCUT2D eigenvalue weighted by Gasteiger charge is -2.43. The third-order valence-electron chi connectivity index (χ3n) is 4.58. The van der Waals surface area contributed by atoms with Crippen molar-refractivity contribution in [1.29, 1.82) is 0 Å². The molecule has 2 aliphatic heterocycles. The number of halogens is 5. The zero-order chi connectivity index (χ0) is 21.2. The molecule has 2 fully saturated rings. The van der Waals surface area contributed by atoms with Crippen molar-refractivity contribution in [3.63, 3.8) is 0 Å². The second kappa shape index (κ2) is 7.99. The number of pyridine rings is 1. The number of likely N-dealkylation sites (tertiary alicyclic amines) is 2. The van der Waals surface area contributed by atoms with Gasteiger partial charge in [-0.15, -0.1) is 13.2 Å². The van der Waals surface area contributed by atoms with Crippen LogP contribution in [0.4, 0.5) is 26.7 Å². The van der Waals surface area contributed by atoms with Crippen LogP contribution < -0.4 is 9.47 Å². The Morgan fingerprint density at radius 1 is 1.24 bits per heavy atom. The van der Waals surface area contributed by atoms with E-state index in [9.17, 15) is 31.5 Å². The number of carbonyl (C=O) groups is 2. The summed E-state index contributed by atoms with van der Waals surface area (Å²) < 4.78 is 73.3. The van der Waals surface area contributed by atoms with E-state index in [4.69, 9.17) is 4.74 Å². The predicted molar refractivity (Wildman–Crippen MR) is 87.4 cm³/mol. The Morgan fingerprint density at radius 2 is 2.00 bits per heavy atom. The maximum atomic E-state index is 14.2. The van der Waals surface area contributed by atoms with Gasteiger partial charge in [0.25, 0.3) is 5.92 Å². The topological polar surface area (TPSA) is 72.0 Å². The van der Waals surface area contributed by atoms with Gasteiger partial charge < -0.3 is 14.4 Å². The van der Waals surface area contributed by atoms with Gasteiger partial charge in [-0.25, -0.2) is 18.6 Å². The Morgan fingerprint density at radius 3 is 2.62 bits per heavy atom. The number of hydrogen-bond donors (Lipinski definition) is 0. The molecule has 1 aromatic heterocycles. The van der Waals surface area contributed by atoms with E-state index in [1.807, 2.05) is 0 Å². The molecule has 0 N–H and O–H groups in total. The summed E-state index contributed by atoms with van der Waals surface area (Å²) in [5.41, 5.74) is 0. The van der Waals surface area contributed by atoms with Gasteiger partial charge in [0.2, 0.25) is 11.8 Å². The lowest BCUT2D eigenvalue weighted by Crippen LogP contribution is -2.59. The Hall–Kier alpha value is -2.66. The van der Waals surface area contributed by atoms with E-state index in [1.54, 1.807) is 0 Å². The number of nitrogens with zero attached hydrogens (tertiary/aromatic N) is 3. The van der Waals surface area contributed by atoms with Crippen molar-refractivity contribution < 1.29 is 41.0 Å². The van der Waals surface area contributed by atoms with Gasteiger partial charge in [0.1, 0.15) is 0 Å². The van der Waals surface area contributed by atoms with Gasteiger partial charge >= 0.3 is 12.5 Å². The SMILES string of the molecule is O=C(Oc1ccc(OC(F)(F)F)nc1)N1CC(N2CCCCC2=O)CC(F)(F)C1. The smallest absolute Gasteiger partial charge is 0.409 e. The first kappa shape index (κ1) is 21.1. The van der Waals surface area contributed by atoms with Crippen molar-refractivity contribution >= 4 is 12.0 Å². The number of aromatic nitrogens is 1. The van der Waals surface area contributed by atoms with Gasteiger partial charge in [-0.05, 0) is 18.9 Å². The number of carbonyl (C=O) groups excluding carboxylic acids is 2. The molecule has 2 amide bonds. The summed E-state index contributed by atoms with van der Waals surface area (Å²) in [5, 5.41) is 0. The van der Waals surface area contributed by atoms with Crippen LogP contribution >= 0.6 is 0 Å². The molecule has 0 spiro atoms. The lowest BCUT2D eigenvalue weighted by atomic mass is 9.98. The van der Waals surface area contributed by atoms with Crippen molar-refractivity contribution in [2.75, 3.05) is 19.6 Å². The maximum Gasteiger partial charge on any atom is 0.574 e. The van der Waals surface area contributed by atoms with Gasteiger partial charge in [-0.1, -0.05) is 0 Å². The van der Waals surface area contributed by atoms with Crippen molar-refractivity contribution in [2.45, 2.75) is 44.0 Å². The molecule has 0 radical (unpaired) electrons. The average Bonchev–Trinajstić information content (AvgIpc) is 2.61. The van der Waals surface area contributed by atoms with Gasteiger partial charge in [-0.3, -0.25) is 9.69 Å². The molecule has 2 saturated heterocycles. The third kappa shape index (κ3) is 5.67. The predicted octanol–water partition coefficient (Wildman–Crippen LogP) is 3.20. The molecule has 1 unspecified atom stereocenters. The number of ether oxygens (including phenoxy) is 2. The fourth-order valence-corrected chi connectivity index (χ4v) is 3.40. The van der Waals surface area contributed by atoms with E-state index in [2.05, 4.69) is 9.72 Å². The zero-order valence-electron chi connectivity index (χ0n) is 15.1. The van der Waals surface area contributed by atoms with E-state index in [0.29, 0.717) is 19.4 Å². The summed E-state index contributed by atoms with van der Waals surface area (Å²) in [6.45, 7) is -0.650. The Bertz CT molecular complexity index is 756. The number of alkyl halides is 5. The first-order chi connectivity index (χ1) is 13.5. The van der Waals surface area contributed by atoms with E-state index in [1.165, 1.54) is 4.90 Å². The highest BCUT2D eigenvalue weighted by molar-refractivity contribution is 5.77. The fourth-order valence-electron chi connectivity index (χ4n) is 3.40. The van der Waals surface area contributed by atoms with Crippen molar-refractivity contribution in [2.24, 2.45) is 0 Å². The molecule has 0 aliphatic carbocycles. The monoisotopic (exact) mass is 423 g/mol. The average molecular weight is 423 g/mol. The van der Waals surface area contributed by atoms with Crippen LogP contribution in [0.5, 0.6) is 11.6 Å². The van der Waals surface area contributed by atoms with Crippen LogP contribution in [0.1, 0.15) is 25.7 Å². The van der Waals surface area contributed by atoms with Crippen LogP contribution in [0.15, 0.2) is 18.3 Å². The molecule has 0 saturated carbocycles. The molecule has 1 atom stereocenters. The van der Waals surface area contributed by atoms with E-state index in [0.717, 1.165) is 23.2 Å². The first-order valence-electron chi connectivity index (χ1n) is 8.88. The normalized spacial score (nSPS) is 22.4. The highest BCUT2D eigenvalue weighted by atomic mass is 19.4. The molecule has 0 bridgehead atoms. The maximum absolute atomic E-state index is 14.2. The van der Waals surface area contributed by atoms with Crippen molar-refractivity contribution in [1.82, 2.24) is 14.8 Å². The fraction of sp³-hybridized carbons (Fsp3) is 0.588. The summed E-state index contributed by atoms with van der Waals surface area (Å²) in [7, 11) is 0. The Kier molecular flexibility index (Phi) is 5.80. The van der Waals surface area contributed by atoms with E-state index < -0.39 is 43.3 Å². The number of amides is 2. The molecule has 29 heavy (non-hydrogen) atoms. The van der Waals surface area contributed by atoms with Gasteiger partial charge in [-0.2, -0.15) is 0 Å². The molecule has 3 heterocycles. The van der Waals surface area contributed by atoms with Crippen molar-refractivity contribution in [3.05, 3.63) is 18.3 Å². The number of piperidine rings is 2. The lowest BCUT2D eigenvalue weighted by molar-refractivity contribution is -0.276. The highest BCUT2D eigenvalue weighted by Gasteiger charge is 2.45. The van der Waals surface area contributed by atoms with Gasteiger partial charge in [0.05, 0.1) is 18.8 Å². The highest BCUT2D eigenvalue weighted by Crippen LogP contribution is 2.32. The minimum absolute atomic E-state index is 0.122. The standard InChI is InChI=1S/C17H18F5N3O4/c18-16(19)7-11(25-6-2-1-3-14(25)26)9-24(10-16)15(27)28-12-4-5-13(23-8-12)29-17(20,21)22/h4-5,8,11H,1-3,6-7,9-10H2. The Labute approximate surface area is 162 Å². The molecular formula is C17H18F5N3O4. The first-order valence-corrected chi connectivity index (χ1v) is 8.88. The van der Waals surface area contributed by atoms with Crippen LogP contribution in [0.25, 0.3) is 0 Å². The largest absolute Gasteiger partial charge is 0.574 e. The van der Waals surface area contributed by atoms with Crippen molar-refractivity contribution in [3.8, 4) is 11.6 Å². The molecule has 160 valence electrons. The zero-order valence-corrected chi connectivity index (χ0v) is 15.1. The summed E-state index contributed by atoms with van der Waals surface area (Å²) in [5.74, 6) is -4.42. The van der Waals surface area contributed by atoms with E-state index in [-0.39, 0.29) is 24.6 Å². The molecule has 7 nitrogen and oxygen atoms in total. The second-order valence-electron chi connectivity index (χ2n) is 6.89. The van der Waals surface area contributed by atoms with Crippen LogP contribution in [0, 0.1) is 0 Å². The number of hydrogen-bond acceptors (Lipinski definition) is 5. The van der Waals surface area contributed by atoms with Crippen LogP contribution in [0.2, 0.25) is 0 Å². The van der Waals surface area contributed by atoms with Gasteiger partial charge in [0, 0.05) is 32.0 Å². The minimum Gasteiger partial charge on any atom is -0.409 e.